The summed E-state index contributed by atoms with van der Waals surface area (Å²) >= 11 is 0. The minimum Gasteiger partial charge on any atom is -0.379 e. The Morgan fingerprint density at radius 3 is 2.76 bits per heavy atom. The number of carbonyl (C=O) groups is 1. The molecule has 1 aliphatic rings. The van der Waals surface area contributed by atoms with Crippen LogP contribution < -0.4 is 5.32 Å². The zero-order valence-electron chi connectivity index (χ0n) is 15.5. The molecule has 1 atom stereocenters. The number of aryl methyl sites for hydroxylation is 2. The van der Waals surface area contributed by atoms with Crippen molar-refractivity contribution in [1.82, 2.24) is 25.0 Å². The Morgan fingerprint density at radius 2 is 2.08 bits per heavy atom. The number of nitrogens with zero attached hydrogens (tertiary/aromatic N) is 4. The minimum atomic E-state index is -0.0865. The summed E-state index contributed by atoms with van der Waals surface area (Å²) < 4.78 is 7.17. The fourth-order valence-corrected chi connectivity index (χ4v) is 3.43. The average molecular weight is 345 g/mol. The maximum absolute atomic E-state index is 12.6. The van der Waals surface area contributed by atoms with Gasteiger partial charge in [-0.2, -0.15) is 5.10 Å². The lowest BCUT2D eigenvalue weighted by Gasteiger charge is -2.36. The molecule has 0 radical (unpaired) electrons. The molecule has 2 aromatic rings. The summed E-state index contributed by atoms with van der Waals surface area (Å²) in [5.41, 5.74) is 2.25. The first kappa shape index (κ1) is 17.8. The Labute approximate surface area is 148 Å². The molecule has 2 aromatic heterocycles. The number of pyridine rings is 1. The first-order valence-corrected chi connectivity index (χ1v) is 8.86. The van der Waals surface area contributed by atoms with Crippen LogP contribution in [0.3, 0.4) is 0 Å². The minimum absolute atomic E-state index is 0.0865. The second kappa shape index (κ2) is 7.49. The topological polar surface area (TPSA) is 72.3 Å². The maximum Gasteiger partial charge on any atom is 0.252 e. The van der Waals surface area contributed by atoms with Gasteiger partial charge in [0.2, 0.25) is 0 Å². The number of nitrogens with one attached hydrogen (secondary N) is 1. The fraction of sp³-hybridized carbons (Fsp3) is 0.611. The molecular formula is C18H27N5O2. The smallest absolute Gasteiger partial charge is 0.252 e. The van der Waals surface area contributed by atoms with Gasteiger partial charge in [0, 0.05) is 44.3 Å². The van der Waals surface area contributed by atoms with Crippen molar-refractivity contribution in [2.24, 2.45) is 13.0 Å². The average Bonchev–Trinajstić information content (AvgIpc) is 2.89. The molecule has 25 heavy (non-hydrogen) atoms. The van der Waals surface area contributed by atoms with Crippen molar-refractivity contribution < 1.29 is 9.53 Å². The second-order valence-corrected chi connectivity index (χ2v) is 6.97. The molecule has 0 aromatic carbocycles. The van der Waals surface area contributed by atoms with Crippen molar-refractivity contribution in [2.75, 3.05) is 32.8 Å². The van der Waals surface area contributed by atoms with Gasteiger partial charge in [-0.25, -0.2) is 4.98 Å². The molecule has 1 aliphatic heterocycles. The molecule has 0 bridgehead atoms. The van der Waals surface area contributed by atoms with E-state index >= 15 is 0 Å². The van der Waals surface area contributed by atoms with Crippen LogP contribution in [0.1, 0.15) is 29.9 Å². The van der Waals surface area contributed by atoms with Crippen LogP contribution in [0.25, 0.3) is 11.0 Å². The highest BCUT2D eigenvalue weighted by atomic mass is 16.5. The molecule has 1 amide bonds. The van der Waals surface area contributed by atoms with Gasteiger partial charge in [0.15, 0.2) is 5.65 Å². The third kappa shape index (κ3) is 3.82. The summed E-state index contributed by atoms with van der Waals surface area (Å²) in [7, 11) is 1.86. The number of aromatic nitrogens is 3. The number of fused-ring (bicyclic) bond motifs is 1. The second-order valence-electron chi connectivity index (χ2n) is 6.97. The largest absolute Gasteiger partial charge is 0.379 e. The van der Waals surface area contributed by atoms with Crippen molar-refractivity contribution >= 4 is 16.9 Å². The van der Waals surface area contributed by atoms with Crippen molar-refractivity contribution in [3.63, 3.8) is 0 Å². The predicted molar refractivity (Wildman–Crippen MR) is 96.6 cm³/mol. The summed E-state index contributed by atoms with van der Waals surface area (Å²) in [5, 5.41) is 8.35. The highest BCUT2D eigenvalue weighted by Crippen LogP contribution is 2.17. The van der Waals surface area contributed by atoms with Crippen molar-refractivity contribution in [2.45, 2.75) is 26.8 Å². The van der Waals surface area contributed by atoms with Crippen molar-refractivity contribution in [3.05, 3.63) is 23.5 Å². The van der Waals surface area contributed by atoms with Crippen LogP contribution in [0, 0.1) is 12.8 Å². The number of morpholine rings is 1. The van der Waals surface area contributed by atoms with Crippen LogP contribution in [0.5, 0.6) is 0 Å². The third-order valence-electron chi connectivity index (χ3n) is 4.88. The Bertz CT molecular complexity index is 749. The van der Waals surface area contributed by atoms with Gasteiger partial charge >= 0.3 is 0 Å². The van der Waals surface area contributed by atoms with Crippen LogP contribution in [0.15, 0.2) is 12.3 Å². The molecule has 3 heterocycles. The van der Waals surface area contributed by atoms with E-state index in [4.69, 9.17) is 4.74 Å². The maximum atomic E-state index is 12.6. The van der Waals surface area contributed by atoms with Crippen LogP contribution in [-0.2, 0) is 11.8 Å². The molecule has 0 spiro atoms. The molecule has 7 nitrogen and oxygen atoms in total. The van der Waals surface area contributed by atoms with E-state index < -0.39 is 0 Å². The molecule has 7 heteroatoms. The van der Waals surface area contributed by atoms with E-state index in [1.54, 1.807) is 10.9 Å². The lowest BCUT2D eigenvalue weighted by molar-refractivity contribution is 0.00672. The first-order chi connectivity index (χ1) is 12.0. The van der Waals surface area contributed by atoms with E-state index in [0.717, 1.165) is 43.0 Å². The monoisotopic (exact) mass is 345 g/mol. The molecule has 1 fully saturated rings. The normalized spacial score (nSPS) is 17.2. The molecule has 136 valence electrons. The number of hydrogen-bond acceptors (Lipinski definition) is 5. The van der Waals surface area contributed by atoms with Gasteiger partial charge in [-0.3, -0.25) is 14.4 Å². The Hall–Kier alpha value is -1.99. The molecule has 0 saturated carbocycles. The van der Waals surface area contributed by atoms with Crippen LogP contribution in [0.4, 0.5) is 0 Å². The van der Waals surface area contributed by atoms with Crippen molar-refractivity contribution in [3.8, 4) is 0 Å². The van der Waals surface area contributed by atoms with Gasteiger partial charge in [0.05, 0.1) is 24.5 Å². The summed E-state index contributed by atoms with van der Waals surface area (Å²) in [4.78, 5) is 19.4. The number of carbonyl (C=O) groups excluding carboxylic acids is 1. The zero-order valence-corrected chi connectivity index (χ0v) is 15.5. The number of hydrogen-bond donors (Lipinski definition) is 1. The van der Waals surface area contributed by atoms with Crippen LogP contribution in [-0.4, -0.2) is 64.5 Å². The molecule has 0 unspecified atom stereocenters. The molecule has 1 saturated heterocycles. The van der Waals surface area contributed by atoms with Gasteiger partial charge in [-0.15, -0.1) is 0 Å². The number of rotatable bonds is 5. The van der Waals surface area contributed by atoms with Gasteiger partial charge in [-0.05, 0) is 18.9 Å². The SMILES string of the molecule is Cc1nn(C)c2ncc(C(=O)NC[C@H](C(C)C)N3CCOCC3)cc12. The van der Waals surface area contributed by atoms with E-state index in [2.05, 4.69) is 34.1 Å². The Morgan fingerprint density at radius 1 is 1.36 bits per heavy atom. The van der Waals surface area contributed by atoms with E-state index in [-0.39, 0.29) is 5.91 Å². The summed E-state index contributed by atoms with van der Waals surface area (Å²) in [5.74, 6) is 0.371. The molecule has 1 N–H and O–H groups in total. The lowest BCUT2D eigenvalue weighted by Crippen LogP contribution is -2.51. The van der Waals surface area contributed by atoms with Gasteiger partial charge in [-0.1, -0.05) is 13.8 Å². The third-order valence-corrected chi connectivity index (χ3v) is 4.88. The van der Waals surface area contributed by atoms with E-state index in [0.29, 0.717) is 24.1 Å². The van der Waals surface area contributed by atoms with Gasteiger partial charge < -0.3 is 10.1 Å². The first-order valence-electron chi connectivity index (χ1n) is 8.86. The summed E-state index contributed by atoms with van der Waals surface area (Å²) in [6, 6.07) is 2.18. The summed E-state index contributed by atoms with van der Waals surface area (Å²) in [6.45, 7) is 10.3. The quantitative estimate of drug-likeness (QED) is 0.886. The lowest BCUT2D eigenvalue weighted by atomic mass is 10.0. The molecule has 0 aliphatic carbocycles. The highest BCUT2D eigenvalue weighted by molar-refractivity contribution is 5.97. The van der Waals surface area contributed by atoms with E-state index in [1.165, 1.54) is 0 Å². The van der Waals surface area contributed by atoms with Gasteiger partial charge in [0.1, 0.15) is 0 Å². The Kier molecular flexibility index (Phi) is 5.34. The van der Waals surface area contributed by atoms with Gasteiger partial charge in [0.25, 0.3) is 5.91 Å². The molecule has 3 rings (SSSR count). The van der Waals surface area contributed by atoms with Crippen molar-refractivity contribution in [1.29, 1.82) is 0 Å². The van der Waals surface area contributed by atoms with E-state index in [9.17, 15) is 4.79 Å². The highest BCUT2D eigenvalue weighted by Gasteiger charge is 2.24. The zero-order chi connectivity index (χ0) is 18.0. The van der Waals surface area contributed by atoms with Crippen LogP contribution in [0.2, 0.25) is 0 Å². The number of ether oxygens (including phenoxy) is 1. The summed E-state index contributed by atoms with van der Waals surface area (Å²) in [6.07, 6.45) is 1.62. The van der Waals surface area contributed by atoms with E-state index in [1.807, 2.05) is 20.0 Å². The fourth-order valence-electron chi connectivity index (χ4n) is 3.43. The standard InChI is InChI=1S/C18H27N5O2/c1-12(2)16(23-5-7-25-8-6-23)11-20-18(24)14-9-15-13(3)21-22(4)17(15)19-10-14/h9-10,12,16H,5-8,11H2,1-4H3,(H,20,24)/t16-/m1/s1. The molecular weight excluding hydrogens is 318 g/mol. The predicted octanol–water partition coefficient (Wildman–Crippen LogP) is 1.36. The Balaban J connectivity index is 1.69. The van der Waals surface area contributed by atoms with Crippen LogP contribution >= 0.6 is 0 Å². The number of amides is 1.